The van der Waals surface area contributed by atoms with Gasteiger partial charge in [0, 0.05) is 57.6 Å². The van der Waals surface area contributed by atoms with Gasteiger partial charge in [-0.3, -0.25) is 4.68 Å². The van der Waals surface area contributed by atoms with Crippen molar-refractivity contribution in [1.82, 2.24) is 14.7 Å². The van der Waals surface area contributed by atoms with Crippen LogP contribution in [-0.4, -0.2) is 67.8 Å². The molecule has 3 aliphatic rings. The molecule has 1 fully saturated rings. The monoisotopic (exact) mass is 439 g/mol. The Labute approximate surface area is 189 Å². The number of anilines is 3. The smallest absolute Gasteiger partial charge is 0.409 e. The minimum absolute atomic E-state index is 0.271. The van der Waals surface area contributed by atoms with Gasteiger partial charge in [0.1, 0.15) is 0 Å². The summed E-state index contributed by atoms with van der Waals surface area (Å²) in [7, 11) is 3.61. The molecule has 2 aromatic rings. The zero-order chi connectivity index (χ0) is 22.2. The van der Waals surface area contributed by atoms with Crippen LogP contribution in [0.4, 0.5) is 22.0 Å². The molecule has 0 unspecified atom stereocenters. The molecule has 0 saturated carbocycles. The second-order valence-electron chi connectivity index (χ2n) is 8.93. The topological polar surface area (TPSA) is 63.1 Å². The molecule has 1 amide bonds. The summed E-state index contributed by atoms with van der Waals surface area (Å²) in [5.41, 5.74) is 6.18. The van der Waals surface area contributed by atoms with E-state index in [4.69, 9.17) is 14.6 Å². The summed E-state index contributed by atoms with van der Waals surface area (Å²) in [5.74, 6) is 0.985. The number of nitrogens with zero attached hydrogens (tertiary/aromatic N) is 5. The maximum atomic E-state index is 12.3. The summed E-state index contributed by atoms with van der Waals surface area (Å²) in [5, 5.41) is 5.22. The largest absolute Gasteiger partial charge is 0.453 e. The fourth-order valence-electron chi connectivity index (χ4n) is 5.20. The van der Waals surface area contributed by atoms with Gasteiger partial charge >= 0.3 is 6.09 Å². The summed E-state index contributed by atoms with van der Waals surface area (Å²) in [6, 6.07) is 7.09. The quantitative estimate of drug-likeness (QED) is 0.729. The first kappa shape index (κ1) is 21.1. The Morgan fingerprint density at radius 1 is 1.19 bits per heavy atom. The van der Waals surface area contributed by atoms with E-state index in [1.54, 1.807) is 4.90 Å². The molecule has 1 saturated heterocycles. The van der Waals surface area contributed by atoms with Gasteiger partial charge in [0.05, 0.1) is 31.1 Å². The molecular weight excluding hydrogens is 406 g/mol. The number of carbonyl (C=O) groups excluding carboxylic acids is 1. The Hall–Kier alpha value is -2.74. The molecule has 0 aliphatic carbocycles. The van der Waals surface area contributed by atoms with Crippen LogP contribution in [0.1, 0.15) is 42.6 Å². The molecule has 3 aliphatic heterocycles. The molecule has 5 rings (SSSR count). The third kappa shape index (κ3) is 3.60. The summed E-state index contributed by atoms with van der Waals surface area (Å²) in [6.07, 6.45) is 3.50. The van der Waals surface area contributed by atoms with E-state index in [0.717, 1.165) is 63.4 Å². The maximum absolute atomic E-state index is 12.3. The van der Waals surface area contributed by atoms with E-state index in [1.807, 2.05) is 0 Å². The summed E-state index contributed by atoms with van der Waals surface area (Å²) >= 11 is 0. The van der Waals surface area contributed by atoms with E-state index < -0.39 is 0 Å². The molecule has 0 radical (unpaired) electrons. The summed E-state index contributed by atoms with van der Waals surface area (Å²) in [4.78, 5) is 18.8. The minimum atomic E-state index is -0.271. The van der Waals surface area contributed by atoms with Gasteiger partial charge in [0.25, 0.3) is 0 Å². The van der Waals surface area contributed by atoms with Crippen molar-refractivity contribution in [3.05, 3.63) is 35.0 Å². The summed E-state index contributed by atoms with van der Waals surface area (Å²) < 4.78 is 12.9. The lowest BCUT2D eigenvalue weighted by atomic mass is 10.0. The van der Waals surface area contributed by atoms with Crippen LogP contribution < -0.4 is 9.80 Å². The molecule has 0 N–H and O–H groups in total. The van der Waals surface area contributed by atoms with Crippen LogP contribution in [0.2, 0.25) is 0 Å². The standard InChI is InChI=1S/C24H33N5O3/c1-4-17-5-6-21-22(15-17)26(2)11-12-28(21)23-19-16-27(24(30)31-3)10-7-20(19)29(25-23)18-8-13-32-14-9-18/h5-6,15,18H,4,7-14,16H2,1-3H3. The van der Waals surface area contributed by atoms with Crippen LogP contribution in [0.5, 0.6) is 0 Å². The van der Waals surface area contributed by atoms with Crippen LogP contribution in [0.3, 0.4) is 0 Å². The Balaban J connectivity index is 1.59. The highest BCUT2D eigenvalue weighted by molar-refractivity contribution is 5.80. The van der Waals surface area contributed by atoms with Crippen molar-refractivity contribution in [3.8, 4) is 0 Å². The van der Waals surface area contributed by atoms with Gasteiger partial charge in [-0.15, -0.1) is 0 Å². The van der Waals surface area contributed by atoms with Crippen LogP contribution in [0.25, 0.3) is 0 Å². The Bertz CT molecular complexity index is 998. The fourth-order valence-corrected chi connectivity index (χ4v) is 5.20. The first-order chi connectivity index (χ1) is 15.6. The van der Waals surface area contributed by atoms with Crippen molar-refractivity contribution < 1.29 is 14.3 Å². The molecule has 0 atom stereocenters. The number of rotatable bonds is 3. The van der Waals surface area contributed by atoms with Gasteiger partial charge < -0.3 is 24.2 Å². The van der Waals surface area contributed by atoms with Crippen molar-refractivity contribution in [3.63, 3.8) is 0 Å². The van der Waals surface area contributed by atoms with Crippen molar-refractivity contribution in [1.29, 1.82) is 0 Å². The Kier molecular flexibility index (Phi) is 5.71. The number of hydrogen-bond acceptors (Lipinski definition) is 6. The van der Waals surface area contributed by atoms with E-state index in [9.17, 15) is 4.79 Å². The number of aromatic nitrogens is 2. The van der Waals surface area contributed by atoms with Gasteiger partial charge in [-0.1, -0.05) is 13.0 Å². The van der Waals surface area contributed by atoms with Crippen molar-refractivity contribution in [2.75, 3.05) is 56.8 Å². The number of benzene rings is 1. The van der Waals surface area contributed by atoms with Gasteiger partial charge in [-0.2, -0.15) is 5.10 Å². The molecule has 8 heteroatoms. The average molecular weight is 440 g/mol. The normalized spacial score (nSPS) is 19.0. The molecular formula is C24H33N5O3. The van der Waals surface area contributed by atoms with E-state index in [-0.39, 0.29) is 6.09 Å². The predicted octanol–water partition coefficient (Wildman–Crippen LogP) is 3.51. The maximum Gasteiger partial charge on any atom is 0.409 e. The third-order valence-electron chi connectivity index (χ3n) is 7.10. The lowest BCUT2D eigenvalue weighted by Crippen LogP contribution is -2.39. The number of likely N-dealkylation sites (N-methyl/N-ethyl adjacent to an activating group) is 1. The first-order valence-electron chi connectivity index (χ1n) is 11.7. The van der Waals surface area contributed by atoms with Gasteiger partial charge in [0.2, 0.25) is 0 Å². The number of fused-ring (bicyclic) bond motifs is 2. The summed E-state index contributed by atoms with van der Waals surface area (Å²) in [6.45, 7) is 6.74. The molecule has 1 aromatic carbocycles. The molecule has 8 nitrogen and oxygen atoms in total. The third-order valence-corrected chi connectivity index (χ3v) is 7.10. The number of aryl methyl sites for hydroxylation is 1. The number of hydrogen-bond donors (Lipinski definition) is 0. The van der Waals surface area contributed by atoms with Gasteiger partial charge in [0.15, 0.2) is 5.82 Å². The van der Waals surface area contributed by atoms with E-state index in [1.165, 1.54) is 29.7 Å². The van der Waals surface area contributed by atoms with Crippen LogP contribution in [0, 0.1) is 0 Å². The Morgan fingerprint density at radius 2 is 2.00 bits per heavy atom. The highest BCUT2D eigenvalue weighted by Gasteiger charge is 2.34. The van der Waals surface area contributed by atoms with Crippen molar-refractivity contribution in [2.45, 2.75) is 45.2 Å². The zero-order valence-corrected chi connectivity index (χ0v) is 19.3. The molecule has 172 valence electrons. The van der Waals surface area contributed by atoms with Crippen molar-refractivity contribution >= 4 is 23.3 Å². The second kappa shape index (κ2) is 8.65. The van der Waals surface area contributed by atoms with Crippen LogP contribution >= 0.6 is 0 Å². The number of methoxy groups -OCH3 is 1. The number of carbonyl (C=O) groups is 1. The molecule has 0 spiro atoms. The number of amides is 1. The predicted molar refractivity (Wildman–Crippen MR) is 124 cm³/mol. The molecule has 32 heavy (non-hydrogen) atoms. The number of ether oxygens (including phenoxy) is 2. The Morgan fingerprint density at radius 3 is 2.75 bits per heavy atom. The van der Waals surface area contributed by atoms with E-state index in [2.05, 4.69) is 46.7 Å². The zero-order valence-electron chi connectivity index (χ0n) is 19.3. The van der Waals surface area contributed by atoms with E-state index in [0.29, 0.717) is 19.1 Å². The van der Waals surface area contributed by atoms with Crippen molar-refractivity contribution in [2.24, 2.45) is 0 Å². The SMILES string of the molecule is CCc1ccc2c(c1)N(C)CCN2c1nn(C2CCOCC2)c2c1CN(C(=O)OC)CC2. The average Bonchev–Trinajstić information content (AvgIpc) is 3.23. The van der Waals surface area contributed by atoms with Crippen LogP contribution in [0.15, 0.2) is 18.2 Å². The van der Waals surface area contributed by atoms with Gasteiger partial charge in [-0.05, 0) is 37.0 Å². The molecule has 4 heterocycles. The van der Waals surface area contributed by atoms with Gasteiger partial charge in [-0.25, -0.2) is 4.79 Å². The first-order valence-corrected chi connectivity index (χ1v) is 11.7. The molecule has 1 aromatic heterocycles. The molecule has 0 bridgehead atoms. The second-order valence-corrected chi connectivity index (χ2v) is 8.93. The lowest BCUT2D eigenvalue weighted by Gasteiger charge is -2.37. The fraction of sp³-hybridized carbons (Fsp3) is 0.583. The highest BCUT2D eigenvalue weighted by Crippen LogP contribution is 2.41. The lowest BCUT2D eigenvalue weighted by molar-refractivity contribution is 0.0649. The minimum Gasteiger partial charge on any atom is -0.453 e. The highest BCUT2D eigenvalue weighted by atomic mass is 16.5. The van der Waals surface area contributed by atoms with Crippen LogP contribution in [-0.2, 0) is 28.9 Å². The van der Waals surface area contributed by atoms with E-state index >= 15 is 0 Å².